The van der Waals surface area contributed by atoms with Crippen LogP contribution in [0.2, 0.25) is 0 Å². The summed E-state index contributed by atoms with van der Waals surface area (Å²) in [6.07, 6.45) is 7.65. The summed E-state index contributed by atoms with van der Waals surface area (Å²) < 4.78 is 18.7. The second kappa shape index (κ2) is 5.92. The maximum Gasteiger partial charge on any atom is 0.256 e. The molecule has 1 unspecified atom stereocenters. The number of hydrogen-bond acceptors (Lipinski definition) is 5. The molecule has 1 fully saturated rings. The molecule has 1 atom stereocenters. The third kappa shape index (κ3) is 2.60. The lowest BCUT2D eigenvalue weighted by Gasteiger charge is -2.39. The molecule has 0 aliphatic heterocycles. The molecular weight excluding hydrogens is 316 g/mol. The number of hydrogen-bond donors (Lipinski definition) is 1. The predicted octanol–water partition coefficient (Wildman–Crippen LogP) is 1.01. The molecule has 23 heavy (non-hydrogen) atoms. The van der Waals surface area contributed by atoms with Gasteiger partial charge >= 0.3 is 0 Å². The summed E-state index contributed by atoms with van der Waals surface area (Å²) in [5.74, 6) is 0.192. The standard InChI is InChI=1S/C15H20N4O3S/c1-19-13-10(8-18-19)12(22-2)11(7-16-13)14(20)17-9-15(23(3)21)5-4-6-15/h7-8H,4-6,9H2,1-3H3,(H,17,20). The van der Waals surface area contributed by atoms with E-state index in [4.69, 9.17) is 4.74 Å². The maximum absolute atomic E-state index is 12.5. The molecule has 7 nitrogen and oxygen atoms in total. The second-order valence-corrected chi connectivity index (χ2v) is 7.66. The molecule has 8 heteroatoms. The van der Waals surface area contributed by atoms with Gasteiger partial charge in [0.05, 0.1) is 23.4 Å². The molecule has 0 saturated heterocycles. The van der Waals surface area contributed by atoms with Crippen LogP contribution < -0.4 is 10.1 Å². The molecule has 0 aromatic carbocycles. The Morgan fingerprint density at radius 2 is 2.22 bits per heavy atom. The van der Waals surface area contributed by atoms with E-state index in [2.05, 4.69) is 15.4 Å². The molecule has 0 bridgehead atoms. The maximum atomic E-state index is 12.5. The smallest absolute Gasteiger partial charge is 0.256 e. The van der Waals surface area contributed by atoms with E-state index in [1.807, 2.05) is 0 Å². The van der Waals surface area contributed by atoms with Crippen LogP contribution in [0.1, 0.15) is 29.6 Å². The summed E-state index contributed by atoms with van der Waals surface area (Å²) in [7, 11) is 2.35. The van der Waals surface area contributed by atoms with Crippen LogP contribution in [0.3, 0.4) is 0 Å². The molecule has 1 N–H and O–H groups in total. The average Bonchev–Trinajstić information content (AvgIpc) is 2.86. The van der Waals surface area contributed by atoms with Crippen LogP contribution in [0.4, 0.5) is 0 Å². The number of carbonyl (C=O) groups is 1. The Morgan fingerprint density at radius 3 is 2.78 bits per heavy atom. The first kappa shape index (κ1) is 15.9. The van der Waals surface area contributed by atoms with Gasteiger partial charge in [0.15, 0.2) is 5.65 Å². The van der Waals surface area contributed by atoms with Crippen molar-refractivity contribution in [3.05, 3.63) is 18.0 Å². The highest BCUT2D eigenvalue weighted by Crippen LogP contribution is 2.36. The first-order chi connectivity index (χ1) is 11.0. The van der Waals surface area contributed by atoms with Crippen LogP contribution in [-0.4, -0.2) is 49.5 Å². The molecule has 3 rings (SSSR count). The van der Waals surface area contributed by atoms with Crippen LogP contribution in [0, 0.1) is 0 Å². The van der Waals surface area contributed by atoms with Gasteiger partial charge in [-0.3, -0.25) is 13.7 Å². The Balaban J connectivity index is 1.85. The van der Waals surface area contributed by atoms with Crippen molar-refractivity contribution in [2.45, 2.75) is 24.0 Å². The number of fused-ring (bicyclic) bond motifs is 1. The Labute approximate surface area is 136 Å². The van der Waals surface area contributed by atoms with E-state index in [1.165, 1.54) is 13.3 Å². The van der Waals surface area contributed by atoms with Gasteiger partial charge in [0, 0.05) is 36.8 Å². The van der Waals surface area contributed by atoms with Gasteiger partial charge < -0.3 is 10.1 Å². The summed E-state index contributed by atoms with van der Waals surface area (Å²) in [5.41, 5.74) is 1.02. The van der Waals surface area contributed by atoms with Crippen molar-refractivity contribution in [1.29, 1.82) is 0 Å². The zero-order valence-electron chi connectivity index (χ0n) is 13.5. The number of amides is 1. The van der Waals surface area contributed by atoms with E-state index in [0.29, 0.717) is 28.9 Å². The lowest BCUT2D eigenvalue weighted by atomic mass is 9.84. The number of aryl methyl sites for hydroxylation is 1. The monoisotopic (exact) mass is 336 g/mol. The summed E-state index contributed by atoms with van der Waals surface area (Å²) in [6, 6.07) is 0. The van der Waals surface area contributed by atoms with Crippen molar-refractivity contribution in [3.8, 4) is 5.75 Å². The molecule has 2 aromatic rings. The molecule has 0 spiro atoms. The molecule has 1 saturated carbocycles. The molecule has 0 radical (unpaired) electrons. The van der Waals surface area contributed by atoms with Gasteiger partial charge in [0.25, 0.3) is 5.91 Å². The zero-order chi connectivity index (χ0) is 16.6. The van der Waals surface area contributed by atoms with E-state index in [-0.39, 0.29) is 10.7 Å². The van der Waals surface area contributed by atoms with Gasteiger partial charge in [-0.2, -0.15) is 5.10 Å². The van der Waals surface area contributed by atoms with Crippen LogP contribution in [0.15, 0.2) is 12.4 Å². The third-order valence-electron chi connectivity index (χ3n) is 4.61. The lowest BCUT2D eigenvalue weighted by molar-refractivity contribution is 0.0940. The van der Waals surface area contributed by atoms with E-state index in [9.17, 15) is 9.00 Å². The Kier molecular flexibility index (Phi) is 4.09. The SMILES string of the molecule is COc1c(C(=O)NCC2(S(C)=O)CCC2)cnc2c1cnn2C. The summed E-state index contributed by atoms with van der Waals surface area (Å²) in [5, 5.41) is 7.72. The number of rotatable bonds is 5. The number of ether oxygens (including phenoxy) is 1. The topological polar surface area (TPSA) is 86.1 Å². The molecule has 1 aliphatic rings. The molecule has 2 heterocycles. The number of nitrogens with zero attached hydrogens (tertiary/aromatic N) is 3. The largest absolute Gasteiger partial charge is 0.495 e. The van der Waals surface area contributed by atoms with Crippen molar-refractivity contribution in [1.82, 2.24) is 20.1 Å². The Bertz CT molecular complexity index is 782. The molecule has 2 aromatic heterocycles. The number of methoxy groups -OCH3 is 1. The fraction of sp³-hybridized carbons (Fsp3) is 0.533. The minimum absolute atomic E-state index is 0.267. The highest BCUT2D eigenvalue weighted by molar-refractivity contribution is 7.85. The minimum Gasteiger partial charge on any atom is -0.495 e. The highest BCUT2D eigenvalue weighted by atomic mass is 32.2. The van der Waals surface area contributed by atoms with Gasteiger partial charge in [0.1, 0.15) is 11.3 Å². The van der Waals surface area contributed by atoms with E-state index >= 15 is 0 Å². The summed E-state index contributed by atoms with van der Waals surface area (Å²) in [4.78, 5) is 16.8. The number of nitrogens with one attached hydrogen (secondary N) is 1. The number of carbonyl (C=O) groups excluding carboxylic acids is 1. The van der Waals surface area contributed by atoms with Crippen molar-refractivity contribution >= 4 is 27.7 Å². The Hall–Kier alpha value is -1.96. The lowest BCUT2D eigenvalue weighted by Crippen LogP contribution is -2.50. The van der Waals surface area contributed by atoms with Gasteiger partial charge in [-0.15, -0.1) is 0 Å². The Morgan fingerprint density at radius 1 is 1.48 bits per heavy atom. The fourth-order valence-electron chi connectivity index (χ4n) is 2.93. The highest BCUT2D eigenvalue weighted by Gasteiger charge is 2.41. The van der Waals surface area contributed by atoms with Crippen LogP contribution in [0.25, 0.3) is 11.0 Å². The fourth-order valence-corrected chi connectivity index (χ4v) is 4.07. The third-order valence-corrected chi connectivity index (χ3v) is 6.38. The summed E-state index contributed by atoms with van der Waals surface area (Å²) >= 11 is 0. The normalized spacial score (nSPS) is 17.5. The molecular formula is C15H20N4O3S. The van der Waals surface area contributed by atoms with Gasteiger partial charge in [0.2, 0.25) is 0 Å². The van der Waals surface area contributed by atoms with E-state index < -0.39 is 10.8 Å². The predicted molar refractivity (Wildman–Crippen MR) is 88.0 cm³/mol. The molecule has 1 amide bonds. The first-order valence-electron chi connectivity index (χ1n) is 7.45. The van der Waals surface area contributed by atoms with Crippen LogP contribution >= 0.6 is 0 Å². The van der Waals surface area contributed by atoms with Crippen molar-refractivity contribution < 1.29 is 13.7 Å². The molecule has 124 valence electrons. The van der Waals surface area contributed by atoms with E-state index in [1.54, 1.807) is 24.2 Å². The number of aromatic nitrogens is 3. The first-order valence-corrected chi connectivity index (χ1v) is 9.01. The average molecular weight is 336 g/mol. The van der Waals surface area contributed by atoms with Gasteiger partial charge in [-0.1, -0.05) is 6.42 Å². The quantitative estimate of drug-likeness (QED) is 0.880. The van der Waals surface area contributed by atoms with Crippen LogP contribution in [-0.2, 0) is 17.8 Å². The van der Waals surface area contributed by atoms with Gasteiger partial charge in [-0.05, 0) is 12.8 Å². The van der Waals surface area contributed by atoms with E-state index in [0.717, 1.165) is 19.3 Å². The molecule has 1 aliphatic carbocycles. The van der Waals surface area contributed by atoms with Crippen molar-refractivity contribution in [3.63, 3.8) is 0 Å². The second-order valence-electron chi connectivity index (χ2n) is 5.88. The minimum atomic E-state index is -0.956. The zero-order valence-corrected chi connectivity index (χ0v) is 14.3. The van der Waals surface area contributed by atoms with Crippen LogP contribution in [0.5, 0.6) is 5.75 Å². The van der Waals surface area contributed by atoms with Crippen molar-refractivity contribution in [2.24, 2.45) is 7.05 Å². The number of pyridine rings is 1. The summed E-state index contributed by atoms with van der Waals surface area (Å²) in [6.45, 7) is 0.406. The van der Waals surface area contributed by atoms with Gasteiger partial charge in [-0.25, -0.2) is 4.98 Å². The van der Waals surface area contributed by atoms with Crippen molar-refractivity contribution in [2.75, 3.05) is 19.9 Å².